The molecule has 5 nitrogen and oxygen atoms in total. The molecule has 1 atom stereocenters. The van der Waals surface area contributed by atoms with E-state index in [4.69, 9.17) is 0 Å². The van der Waals surface area contributed by atoms with Crippen LogP contribution in [0.1, 0.15) is 38.5 Å². The molecular formula is C15H22F2N2O3. The summed E-state index contributed by atoms with van der Waals surface area (Å²) in [4.78, 5) is 27.2. The number of halogens is 2. The van der Waals surface area contributed by atoms with Crippen LogP contribution in [0.3, 0.4) is 0 Å². The summed E-state index contributed by atoms with van der Waals surface area (Å²) in [6, 6.07) is 0. The molecule has 1 saturated carbocycles. The first-order chi connectivity index (χ1) is 10.1. The number of aliphatic hydroxyl groups is 1. The molecule has 3 rings (SSSR count). The van der Waals surface area contributed by atoms with Crippen molar-refractivity contribution in [1.82, 2.24) is 9.80 Å². The van der Waals surface area contributed by atoms with Gasteiger partial charge in [0.05, 0.1) is 24.0 Å². The minimum atomic E-state index is -3.06. The first-order valence-corrected chi connectivity index (χ1v) is 7.78. The molecule has 0 aromatic heterocycles. The fraction of sp³-hybridized carbons (Fsp3) is 0.867. The van der Waals surface area contributed by atoms with Gasteiger partial charge in [0.1, 0.15) is 0 Å². The Morgan fingerprint density at radius 1 is 1.27 bits per heavy atom. The maximum absolute atomic E-state index is 14.1. The zero-order valence-corrected chi connectivity index (χ0v) is 12.8. The summed E-state index contributed by atoms with van der Waals surface area (Å²) in [6.07, 6.45) is 1.67. The zero-order chi connectivity index (χ0) is 16.2. The average molecular weight is 316 g/mol. The van der Waals surface area contributed by atoms with E-state index < -0.39 is 35.8 Å². The van der Waals surface area contributed by atoms with Crippen LogP contribution in [-0.4, -0.2) is 64.9 Å². The van der Waals surface area contributed by atoms with E-state index in [1.165, 1.54) is 4.90 Å². The van der Waals surface area contributed by atoms with Gasteiger partial charge in [-0.3, -0.25) is 9.59 Å². The lowest BCUT2D eigenvalue weighted by Crippen LogP contribution is -2.58. The van der Waals surface area contributed by atoms with E-state index in [9.17, 15) is 23.5 Å². The van der Waals surface area contributed by atoms with Gasteiger partial charge in [-0.2, -0.15) is 0 Å². The number of nitrogens with zero attached hydrogens (tertiary/aromatic N) is 2. The van der Waals surface area contributed by atoms with E-state index >= 15 is 0 Å². The van der Waals surface area contributed by atoms with Gasteiger partial charge in [-0.1, -0.05) is 0 Å². The van der Waals surface area contributed by atoms with E-state index in [1.54, 1.807) is 7.05 Å². The molecule has 2 saturated heterocycles. The molecule has 124 valence electrons. The largest absolute Gasteiger partial charge is 0.389 e. The molecule has 1 aliphatic carbocycles. The lowest BCUT2D eigenvalue weighted by molar-refractivity contribution is -0.166. The number of rotatable bonds is 2. The van der Waals surface area contributed by atoms with Crippen LogP contribution in [0.15, 0.2) is 0 Å². The Morgan fingerprint density at radius 2 is 1.95 bits per heavy atom. The number of carbonyl (C=O) groups excluding carboxylic acids is 2. The second kappa shape index (κ2) is 4.88. The van der Waals surface area contributed by atoms with Crippen molar-refractivity contribution in [3.63, 3.8) is 0 Å². The lowest BCUT2D eigenvalue weighted by atomic mass is 9.75. The quantitative estimate of drug-likeness (QED) is 0.827. The Labute approximate surface area is 128 Å². The molecule has 0 bridgehead atoms. The Bertz CT molecular complexity index is 507. The van der Waals surface area contributed by atoms with Gasteiger partial charge in [0.2, 0.25) is 11.8 Å². The molecule has 0 aromatic rings. The molecule has 2 amide bonds. The van der Waals surface area contributed by atoms with Crippen molar-refractivity contribution in [1.29, 1.82) is 0 Å². The summed E-state index contributed by atoms with van der Waals surface area (Å²) in [7, 11) is 1.60. The normalized spacial score (nSPS) is 33.2. The van der Waals surface area contributed by atoms with Crippen LogP contribution >= 0.6 is 0 Å². The molecular weight excluding hydrogens is 294 g/mol. The van der Waals surface area contributed by atoms with Crippen LogP contribution in [0.25, 0.3) is 0 Å². The van der Waals surface area contributed by atoms with Crippen LogP contribution in [0.5, 0.6) is 0 Å². The maximum Gasteiger partial charge on any atom is 0.266 e. The summed E-state index contributed by atoms with van der Waals surface area (Å²) >= 11 is 0. The molecule has 2 heterocycles. The first kappa shape index (κ1) is 15.6. The van der Waals surface area contributed by atoms with Gasteiger partial charge < -0.3 is 14.9 Å². The van der Waals surface area contributed by atoms with Crippen LogP contribution in [-0.2, 0) is 9.59 Å². The second-order valence-electron chi connectivity index (χ2n) is 7.29. The highest BCUT2D eigenvalue weighted by Crippen LogP contribution is 2.46. The average Bonchev–Trinajstić information content (AvgIpc) is 2.63. The number of amides is 2. The third-order valence-electron chi connectivity index (χ3n) is 5.36. The molecule has 1 N–H and O–H groups in total. The summed E-state index contributed by atoms with van der Waals surface area (Å²) < 4.78 is 28.2. The molecule has 22 heavy (non-hydrogen) atoms. The Kier molecular flexibility index (Phi) is 3.47. The van der Waals surface area contributed by atoms with E-state index in [2.05, 4.69) is 0 Å². The fourth-order valence-electron chi connectivity index (χ4n) is 3.94. The summed E-state index contributed by atoms with van der Waals surface area (Å²) in [5.41, 5.74) is -2.19. The summed E-state index contributed by atoms with van der Waals surface area (Å²) in [5.74, 6) is -3.83. The molecule has 3 aliphatic rings. The van der Waals surface area contributed by atoms with Crippen LogP contribution in [0, 0.1) is 5.41 Å². The molecule has 1 spiro atoms. The highest BCUT2D eigenvalue weighted by atomic mass is 19.3. The van der Waals surface area contributed by atoms with Crippen molar-refractivity contribution in [3.05, 3.63) is 0 Å². The van der Waals surface area contributed by atoms with E-state index in [1.807, 2.05) is 0 Å². The third-order valence-corrected chi connectivity index (χ3v) is 5.36. The van der Waals surface area contributed by atoms with Crippen molar-refractivity contribution in [2.45, 2.75) is 50.0 Å². The van der Waals surface area contributed by atoms with E-state index in [0.29, 0.717) is 25.8 Å². The molecule has 3 fully saturated rings. The highest BCUT2D eigenvalue weighted by Gasteiger charge is 2.57. The van der Waals surface area contributed by atoms with Gasteiger partial charge in [0.25, 0.3) is 5.92 Å². The number of carbonyl (C=O) groups is 2. The predicted octanol–water partition coefficient (Wildman–Crippen LogP) is 1.01. The number of hydrogen-bond donors (Lipinski definition) is 1. The van der Waals surface area contributed by atoms with Gasteiger partial charge in [-0.15, -0.1) is 0 Å². The zero-order valence-electron chi connectivity index (χ0n) is 12.8. The van der Waals surface area contributed by atoms with Gasteiger partial charge in [-0.25, -0.2) is 8.78 Å². The second-order valence-corrected chi connectivity index (χ2v) is 7.29. The summed E-state index contributed by atoms with van der Waals surface area (Å²) in [5, 5.41) is 10.1. The Hall–Kier alpha value is -1.24. The van der Waals surface area contributed by atoms with Gasteiger partial charge in [0.15, 0.2) is 0 Å². The number of piperidine rings is 1. The summed E-state index contributed by atoms with van der Waals surface area (Å²) in [6.45, 7) is -0.164. The Morgan fingerprint density at radius 3 is 2.45 bits per heavy atom. The number of hydrogen-bond acceptors (Lipinski definition) is 3. The van der Waals surface area contributed by atoms with Crippen molar-refractivity contribution in [2.75, 3.05) is 26.7 Å². The van der Waals surface area contributed by atoms with Crippen LogP contribution in [0.2, 0.25) is 0 Å². The van der Waals surface area contributed by atoms with E-state index in [0.717, 1.165) is 11.3 Å². The minimum absolute atomic E-state index is 0.0423. The SMILES string of the molecule is CN1CCC2(CN(C(=O)CC3(O)CCC3)CC(F)(F)C2)C1=O. The first-order valence-electron chi connectivity index (χ1n) is 7.78. The smallest absolute Gasteiger partial charge is 0.266 e. The van der Waals surface area contributed by atoms with Gasteiger partial charge in [-0.05, 0) is 25.7 Å². The fourth-order valence-corrected chi connectivity index (χ4v) is 3.94. The van der Waals surface area contributed by atoms with Crippen molar-refractivity contribution >= 4 is 11.8 Å². The van der Waals surface area contributed by atoms with E-state index in [-0.39, 0.29) is 18.9 Å². The van der Waals surface area contributed by atoms with Crippen molar-refractivity contribution in [3.8, 4) is 0 Å². The van der Waals surface area contributed by atoms with Crippen LogP contribution < -0.4 is 0 Å². The maximum atomic E-state index is 14.1. The standard InChI is InChI=1S/C15H22F2N2O3/c1-18-6-5-13(12(18)21)8-15(16,17)10-19(9-13)11(20)7-14(22)3-2-4-14/h22H,2-10H2,1H3. The molecule has 0 radical (unpaired) electrons. The number of likely N-dealkylation sites (tertiary alicyclic amines) is 2. The van der Waals surface area contributed by atoms with Crippen LogP contribution in [0.4, 0.5) is 8.78 Å². The van der Waals surface area contributed by atoms with Gasteiger partial charge >= 0.3 is 0 Å². The molecule has 7 heteroatoms. The molecule has 2 aliphatic heterocycles. The molecule has 1 unspecified atom stereocenters. The van der Waals surface area contributed by atoms with Crippen molar-refractivity contribution < 1.29 is 23.5 Å². The third kappa shape index (κ3) is 2.59. The number of alkyl halides is 2. The highest BCUT2D eigenvalue weighted by molar-refractivity contribution is 5.86. The van der Waals surface area contributed by atoms with Crippen molar-refractivity contribution in [2.24, 2.45) is 5.41 Å². The lowest BCUT2D eigenvalue weighted by Gasteiger charge is -2.44. The molecule has 0 aromatic carbocycles. The van der Waals surface area contributed by atoms with Gasteiger partial charge in [0, 0.05) is 26.6 Å². The Balaban J connectivity index is 1.77. The minimum Gasteiger partial charge on any atom is -0.389 e. The predicted molar refractivity (Wildman–Crippen MR) is 74.2 cm³/mol. The monoisotopic (exact) mass is 316 g/mol. The topological polar surface area (TPSA) is 60.9 Å².